The number of halogens is 3. The van der Waals surface area contributed by atoms with E-state index in [2.05, 4.69) is 21.8 Å². The van der Waals surface area contributed by atoms with Crippen LogP contribution in [0.5, 0.6) is 0 Å². The van der Waals surface area contributed by atoms with Crippen LogP contribution in [0.1, 0.15) is 33.4 Å². The number of nitrogens with zero attached hydrogens (tertiary/aromatic N) is 4. The SMILES string of the molecule is [C-]#[N+]/C(C#N)=C1/c2cc(-c3cccc(C(F)(F)F)c3)ccc2-c2cc3c(cc21)/C(=C(\C#N)[N+]#[C-])c1cc(-c2cccc(C)c2)ccc1-3. The van der Waals surface area contributed by atoms with E-state index in [-0.39, 0.29) is 11.4 Å². The van der Waals surface area contributed by atoms with Gasteiger partial charge in [0.05, 0.1) is 30.8 Å². The number of alkyl halides is 3. The second kappa shape index (κ2) is 10.7. The first kappa shape index (κ1) is 29.1. The fourth-order valence-corrected chi connectivity index (χ4v) is 6.56. The van der Waals surface area contributed by atoms with Crippen molar-refractivity contribution in [3.8, 4) is 56.6 Å². The fourth-order valence-electron chi connectivity index (χ4n) is 6.56. The zero-order chi connectivity index (χ0) is 33.0. The average molecular weight is 613 g/mol. The van der Waals surface area contributed by atoms with E-state index in [0.717, 1.165) is 56.6 Å². The number of hydrogen-bond acceptors (Lipinski definition) is 2. The third-order valence-electron chi connectivity index (χ3n) is 8.64. The van der Waals surface area contributed by atoms with Crippen LogP contribution < -0.4 is 0 Å². The van der Waals surface area contributed by atoms with Crippen LogP contribution in [0.15, 0.2) is 108 Å². The molecule has 5 aromatic carbocycles. The second-order valence-corrected chi connectivity index (χ2v) is 11.3. The van der Waals surface area contributed by atoms with Gasteiger partial charge in [-0.25, -0.2) is 20.2 Å². The molecule has 7 rings (SSSR count). The number of nitriles is 2. The second-order valence-electron chi connectivity index (χ2n) is 11.3. The summed E-state index contributed by atoms with van der Waals surface area (Å²) in [6.07, 6.45) is -4.51. The van der Waals surface area contributed by atoms with Crippen molar-refractivity contribution in [3.63, 3.8) is 0 Å². The number of aryl methyl sites for hydroxylation is 1. The lowest BCUT2D eigenvalue weighted by Crippen LogP contribution is -2.04. The Balaban J connectivity index is 1.47. The van der Waals surface area contributed by atoms with Gasteiger partial charge in [-0.05, 0) is 110 Å². The third-order valence-corrected chi connectivity index (χ3v) is 8.64. The molecule has 4 nitrogen and oxygen atoms in total. The van der Waals surface area contributed by atoms with E-state index in [1.54, 1.807) is 24.3 Å². The van der Waals surface area contributed by atoms with Crippen LogP contribution in [0.3, 0.4) is 0 Å². The van der Waals surface area contributed by atoms with E-state index in [9.17, 15) is 23.7 Å². The molecule has 0 amide bonds. The first-order chi connectivity index (χ1) is 22.7. The molecule has 0 atom stereocenters. The summed E-state index contributed by atoms with van der Waals surface area (Å²) < 4.78 is 40.5. The Bertz CT molecular complexity index is 2420. The molecule has 0 aromatic heterocycles. The van der Waals surface area contributed by atoms with Crippen molar-refractivity contribution < 1.29 is 13.2 Å². The van der Waals surface area contributed by atoms with Crippen LogP contribution >= 0.6 is 0 Å². The standard InChI is InChI=1S/C40H19F3N4/c1-22-6-4-7-23(14-22)25-10-12-28-30-18-31-29-13-11-26(24-8-5-9-27(15-24)40(41,42)43)17-33(29)39(37(21-45)47-3)35(31)19-34(30)38(32(28)16-25)36(20-44)46-2/h4-19H,1H3/b38-36+,39-37-. The van der Waals surface area contributed by atoms with Crippen molar-refractivity contribution in [2.45, 2.75) is 13.1 Å². The lowest BCUT2D eigenvalue weighted by Gasteiger charge is -2.11. The van der Waals surface area contributed by atoms with Crippen molar-refractivity contribution in [2.75, 3.05) is 0 Å². The predicted molar refractivity (Wildman–Crippen MR) is 174 cm³/mol. The number of rotatable bonds is 2. The molecule has 47 heavy (non-hydrogen) atoms. The van der Waals surface area contributed by atoms with E-state index < -0.39 is 11.7 Å². The van der Waals surface area contributed by atoms with Gasteiger partial charge in [-0.1, -0.05) is 66.2 Å². The molecule has 0 spiro atoms. The summed E-state index contributed by atoms with van der Waals surface area (Å²) in [6, 6.07) is 32.1. The number of fused-ring (bicyclic) bond motifs is 6. The molecule has 0 saturated carbocycles. The van der Waals surface area contributed by atoms with E-state index in [1.807, 2.05) is 61.5 Å². The Morgan fingerprint density at radius 3 is 1.47 bits per heavy atom. The van der Waals surface area contributed by atoms with E-state index >= 15 is 0 Å². The average Bonchev–Trinajstić information content (AvgIpc) is 3.56. The molecule has 0 aliphatic heterocycles. The number of hydrogen-bond donors (Lipinski definition) is 0. The number of allylic oxidation sites excluding steroid dienone is 2. The third kappa shape index (κ3) is 4.59. The fraction of sp³-hybridized carbons (Fsp3) is 0.0500. The van der Waals surface area contributed by atoms with Gasteiger partial charge in [0.2, 0.25) is 0 Å². The normalized spacial score (nSPS) is 14.4. The highest BCUT2D eigenvalue weighted by Gasteiger charge is 2.34. The minimum atomic E-state index is -4.51. The van der Waals surface area contributed by atoms with Crippen LogP contribution in [-0.2, 0) is 6.18 Å². The Morgan fingerprint density at radius 2 is 1.00 bits per heavy atom. The van der Waals surface area contributed by atoms with Crippen molar-refractivity contribution in [3.05, 3.63) is 165 Å². The summed E-state index contributed by atoms with van der Waals surface area (Å²) in [4.78, 5) is 7.08. The minimum Gasteiger partial charge on any atom is -0.226 e. The van der Waals surface area contributed by atoms with Gasteiger partial charge in [0.1, 0.15) is 0 Å². The smallest absolute Gasteiger partial charge is 0.226 e. The highest BCUT2D eigenvalue weighted by atomic mass is 19.4. The summed E-state index contributed by atoms with van der Waals surface area (Å²) in [5.74, 6) is 0. The van der Waals surface area contributed by atoms with Crippen LogP contribution in [0.25, 0.3) is 65.3 Å². The van der Waals surface area contributed by atoms with Crippen LogP contribution in [0.4, 0.5) is 13.2 Å². The highest BCUT2D eigenvalue weighted by molar-refractivity contribution is 6.11. The van der Waals surface area contributed by atoms with Gasteiger partial charge in [0.15, 0.2) is 0 Å². The van der Waals surface area contributed by atoms with Crippen LogP contribution in [-0.4, -0.2) is 0 Å². The monoisotopic (exact) mass is 612 g/mol. The van der Waals surface area contributed by atoms with Gasteiger partial charge in [-0.3, -0.25) is 0 Å². The molecular weight excluding hydrogens is 593 g/mol. The zero-order valence-corrected chi connectivity index (χ0v) is 24.7. The lowest BCUT2D eigenvalue weighted by atomic mass is 9.94. The summed E-state index contributed by atoms with van der Waals surface area (Å²) in [7, 11) is 0. The Morgan fingerprint density at radius 1 is 0.553 bits per heavy atom. The van der Waals surface area contributed by atoms with Crippen molar-refractivity contribution in [2.24, 2.45) is 0 Å². The Labute approximate surface area is 268 Å². The molecule has 7 heteroatoms. The number of benzene rings is 5. The zero-order valence-electron chi connectivity index (χ0n) is 24.7. The molecule has 0 fully saturated rings. The van der Waals surface area contributed by atoms with Crippen LogP contribution in [0, 0.1) is 42.7 Å². The quantitative estimate of drug-likeness (QED) is 0.144. The van der Waals surface area contributed by atoms with Gasteiger partial charge in [-0.15, -0.1) is 0 Å². The summed E-state index contributed by atoms with van der Waals surface area (Å²) in [6.45, 7) is 17.6. The minimum absolute atomic E-state index is 0.0788. The largest absolute Gasteiger partial charge is 0.416 e. The molecule has 220 valence electrons. The Kier molecular flexibility index (Phi) is 6.64. The van der Waals surface area contributed by atoms with Gasteiger partial charge in [0, 0.05) is 11.1 Å². The maximum Gasteiger partial charge on any atom is 0.416 e. The highest BCUT2D eigenvalue weighted by Crippen LogP contribution is 2.54. The van der Waals surface area contributed by atoms with E-state index in [0.29, 0.717) is 39.0 Å². The molecular formula is C40H19F3N4. The first-order valence-electron chi connectivity index (χ1n) is 14.4. The topological polar surface area (TPSA) is 56.3 Å². The first-order valence-corrected chi connectivity index (χ1v) is 14.4. The van der Waals surface area contributed by atoms with E-state index in [4.69, 9.17) is 13.1 Å². The lowest BCUT2D eigenvalue weighted by molar-refractivity contribution is -0.137. The van der Waals surface area contributed by atoms with Crippen molar-refractivity contribution in [1.82, 2.24) is 0 Å². The van der Waals surface area contributed by atoms with E-state index in [1.165, 1.54) is 6.07 Å². The van der Waals surface area contributed by atoms with Crippen molar-refractivity contribution >= 4 is 11.1 Å². The Hall–Kier alpha value is -6.67. The summed E-state index contributed by atoms with van der Waals surface area (Å²) in [5.41, 5.74) is 9.33. The van der Waals surface area contributed by atoms with Gasteiger partial charge in [-0.2, -0.15) is 13.2 Å². The maximum absolute atomic E-state index is 13.5. The molecule has 5 aromatic rings. The predicted octanol–water partition coefficient (Wildman–Crippen LogP) is 10.7. The maximum atomic E-state index is 13.5. The van der Waals surface area contributed by atoms with Crippen LogP contribution in [0.2, 0.25) is 0 Å². The molecule has 2 aliphatic carbocycles. The molecule has 0 bridgehead atoms. The summed E-state index contributed by atoms with van der Waals surface area (Å²) in [5, 5.41) is 20.1. The molecule has 0 heterocycles. The molecule has 0 radical (unpaired) electrons. The van der Waals surface area contributed by atoms with Gasteiger partial charge < -0.3 is 0 Å². The van der Waals surface area contributed by atoms with Crippen molar-refractivity contribution in [1.29, 1.82) is 10.5 Å². The molecule has 0 N–H and O–H groups in total. The molecule has 2 aliphatic rings. The molecule has 0 unspecified atom stereocenters. The molecule has 0 saturated heterocycles. The summed E-state index contributed by atoms with van der Waals surface area (Å²) >= 11 is 0. The van der Waals surface area contributed by atoms with Gasteiger partial charge in [0.25, 0.3) is 11.4 Å². The van der Waals surface area contributed by atoms with Gasteiger partial charge >= 0.3 is 6.18 Å².